The van der Waals surface area contributed by atoms with Crippen LogP contribution in [0.4, 0.5) is 0 Å². The summed E-state index contributed by atoms with van der Waals surface area (Å²) in [5.74, 6) is 1.04. The first-order valence-corrected chi connectivity index (χ1v) is 8.57. The highest BCUT2D eigenvalue weighted by Crippen LogP contribution is 2.48. The third-order valence-electron chi connectivity index (χ3n) is 4.93. The molecule has 0 fully saturated rings. The first-order chi connectivity index (χ1) is 12.4. The Morgan fingerprint density at radius 1 is 1.15 bits per heavy atom. The molecule has 134 valence electrons. The first kappa shape index (κ1) is 16.8. The number of fused-ring (bicyclic) bond motifs is 4. The molecule has 0 saturated heterocycles. The average molecular weight is 352 g/mol. The fourth-order valence-electron chi connectivity index (χ4n) is 3.68. The Hall–Kier alpha value is -2.63. The van der Waals surface area contributed by atoms with E-state index >= 15 is 0 Å². The normalized spacial score (nSPS) is 16.2. The summed E-state index contributed by atoms with van der Waals surface area (Å²) in [6.45, 7) is 3.55. The first-order valence-electron chi connectivity index (χ1n) is 8.57. The Kier molecular flexibility index (Phi) is 3.86. The van der Waals surface area contributed by atoms with Crippen LogP contribution >= 0.6 is 0 Å². The molecule has 2 N–H and O–H groups in total. The molecule has 5 nitrogen and oxygen atoms in total. The van der Waals surface area contributed by atoms with Crippen molar-refractivity contribution in [3.05, 3.63) is 64.9 Å². The maximum Gasteiger partial charge on any atom is 0.197 e. The fraction of sp³-hybridized carbons (Fsp3) is 0.286. The molecule has 1 atom stereocenters. The van der Waals surface area contributed by atoms with Gasteiger partial charge in [0.25, 0.3) is 0 Å². The van der Waals surface area contributed by atoms with Gasteiger partial charge in [0.05, 0.1) is 17.6 Å². The summed E-state index contributed by atoms with van der Waals surface area (Å²) in [7, 11) is 0. The number of benzene rings is 2. The number of carbonyl (C=O) groups excluding carboxylic acids is 1. The van der Waals surface area contributed by atoms with Gasteiger partial charge in [0.2, 0.25) is 0 Å². The lowest BCUT2D eigenvalue weighted by molar-refractivity contribution is 0.0529. The predicted octanol–water partition coefficient (Wildman–Crippen LogP) is 3.04. The van der Waals surface area contributed by atoms with E-state index in [9.17, 15) is 9.90 Å². The Bertz CT molecular complexity index is 999. The van der Waals surface area contributed by atoms with E-state index < -0.39 is 11.5 Å². The van der Waals surface area contributed by atoms with Crippen LogP contribution in [0.3, 0.4) is 0 Å². The topological polar surface area (TPSA) is 79.9 Å². The van der Waals surface area contributed by atoms with Gasteiger partial charge in [-0.05, 0) is 26.0 Å². The van der Waals surface area contributed by atoms with Crippen molar-refractivity contribution in [2.75, 3.05) is 13.2 Å². The van der Waals surface area contributed by atoms with Crippen LogP contribution in [0.25, 0.3) is 11.0 Å². The molecular weight excluding hydrogens is 332 g/mol. The number of rotatable bonds is 4. The van der Waals surface area contributed by atoms with Crippen molar-refractivity contribution in [3.63, 3.8) is 0 Å². The third kappa shape index (κ3) is 2.35. The lowest BCUT2D eigenvalue weighted by Crippen LogP contribution is -2.31. The van der Waals surface area contributed by atoms with E-state index in [1.54, 1.807) is 18.2 Å². The van der Waals surface area contributed by atoms with E-state index in [1.807, 2.05) is 38.1 Å². The van der Waals surface area contributed by atoms with E-state index in [2.05, 4.69) is 0 Å². The number of hydrogen-bond donors (Lipinski definition) is 2. The molecule has 0 bridgehead atoms. The Morgan fingerprint density at radius 3 is 2.69 bits per heavy atom. The maximum absolute atomic E-state index is 13.2. The molecule has 0 saturated carbocycles. The summed E-state index contributed by atoms with van der Waals surface area (Å²) in [5.41, 5.74) is 2.01. The Balaban J connectivity index is 1.90. The van der Waals surface area contributed by atoms with E-state index in [0.29, 0.717) is 28.2 Å². The predicted molar refractivity (Wildman–Crippen MR) is 96.8 cm³/mol. The van der Waals surface area contributed by atoms with E-state index in [0.717, 1.165) is 10.9 Å². The van der Waals surface area contributed by atoms with Crippen LogP contribution in [0.1, 0.15) is 41.1 Å². The van der Waals surface area contributed by atoms with Crippen LogP contribution in [0.2, 0.25) is 0 Å². The number of aliphatic hydroxyl groups excluding tert-OH is 2. The highest BCUT2D eigenvalue weighted by Gasteiger charge is 2.43. The lowest BCUT2D eigenvalue weighted by atomic mass is 9.71. The molecule has 3 aromatic rings. The molecule has 4 rings (SSSR count). The molecule has 0 amide bonds. The van der Waals surface area contributed by atoms with E-state index in [-0.39, 0.29) is 19.0 Å². The third-order valence-corrected chi connectivity index (χ3v) is 4.93. The van der Waals surface area contributed by atoms with Gasteiger partial charge < -0.3 is 19.4 Å². The maximum atomic E-state index is 13.2. The van der Waals surface area contributed by atoms with Gasteiger partial charge in [-0.1, -0.05) is 30.3 Å². The Morgan fingerprint density at radius 2 is 1.92 bits per heavy atom. The fourth-order valence-corrected chi connectivity index (χ4v) is 3.68. The highest BCUT2D eigenvalue weighted by atomic mass is 16.5. The molecule has 0 radical (unpaired) electrons. The van der Waals surface area contributed by atoms with Crippen molar-refractivity contribution < 1.29 is 24.2 Å². The average Bonchev–Trinajstić information content (AvgIpc) is 3.05. The van der Waals surface area contributed by atoms with E-state index in [1.165, 1.54) is 0 Å². The second kappa shape index (κ2) is 5.97. The zero-order chi connectivity index (χ0) is 18.5. The van der Waals surface area contributed by atoms with Gasteiger partial charge >= 0.3 is 0 Å². The number of furan rings is 1. The molecular formula is C21H20O5. The minimum atomic E-state index is -0.977. The summed E-state index contributed by atoms with van der Waals surface area (Å²) < 4.78 is 11.8. The zero-order valence-electron chi connectivity index (χ0n) is 14.7. The molecule has 2 aromatic carbocycles. The lowest BCUT2D eigenvalue weighted by Gasteiger charge is -2.32. The molecule has 0 unspecified atom stereocenters. The number of aliphatic hydroxyl groups is 2. The van der Waals surface area contributed by atoms with Gasteiger partial charge in [-0.3, -0.25) is 4.79 Å². The standard InChI is InChI=1S/C21H20O5/c1-21(2)18-14(7-5-9-16(18)25-11-12(23)10-22)19(24)17-13-6-3-4-8-15(13)26-20(17)21/h3-9,12,22-23H,10-11H2,1-2H3/t12-/m1/s1. The number of ketones is 1. The molecule has 1 aliphatic rings. The number of para-hydroxylation sites is 1. The molecule has 26 heavy (non-hydrogen) atoms. The zero-order valence-corrected chi connectivity index (χ0v) is 14.7. The van der Waals surface area contributed by atoms with Crippen LogP contribution < -0.4 is 4.74 Å². The molecule has 1 aromatic heterocycles. The molecule has 1 heterocycles. The SMILES string of the molecule is CC1(C)c2oc3ccccc3c2C(=O)c2cccc(OC[C@H](O)CO)c21. The van der Waals surface area contributed by atoms with Crippen molar-refractivity contribution in [2.45, 2.75) is 25.4 Å². The van der Waals surface area contributed by atoms with Crippen molar-refractivity contribution in [1.29, 1.82) is 0 Å². The van der Waals surface area contributed by atoms with Gasteiger partial charge in [0.15, 0.2) is 5.78 Å². The number of ether oxygens (including phenoxy) is 1. The summed E-state index contributed by atoms with van der Waals surface area (Å²) in [6.07, 6.45) is -0.977. The second-order valence-corrected chi connectivity index (χ2v) is 7.08. The summed E-state index contributed by atoms with van der Waals surface area (Å²) >= 11 is 0. The number of carbonyl (C=O) groups is 1. The highest BCUT2D eigenvalue weighted by molar-refractivity contribution is 6.19. The van der Waals surface area contributed by atoms with Crippen molar-refractivity contribution in [3.8, 4) is 5.75 Å². The van der Waals surface area contributed by atoms with Gasteiger partial charge in [-0.2, -0.15) is 0 Å². The quantitative estimate of drug-likeness (QED) is 0.754. The largest absolute Gasteiger partial charge is 0.490 e. The minimum absolute atomic E-state index is 0.0514. The summed E-state index contributed by atoms with van der Waals surface area (Å²) in [4.78, 5) is 13.2. The second-order valence-electron chi connectivity index (χ2n) is 7.08. The van der Waals surface area contributed by atoms with Gasteiger partial charge in [-0.15, -0.1) is 0 Å². The van der Waals surface area contributed by atoms with E-state index in [4.69, 9.17) is 14.3 Å². The van der Waals surface area contributed by atoms with Gasteiger partial charge in [-0.25, -0.2) is 0 Å². The Labute approximate surface area is 150 Å². The number of hydrogen-bond acceptors (Lipinski definition) is 5. The van der Waals surface area contributed by atoms with Crippen molar-refractivity contribution in [1.82, 2.24) is 0 Å². The summed E-state index contributed by atoms with van der Waals surface area (Å²) in [5, 5.41) is 19.4. The van der Waals surface area contributed by atoms with Gasteiger partial charge in [0.1, 0.15) is 29.8 Å². The summed E-state index contributed by atoms with van der Waals surface area (Å²) in [6, 6.07) is 12.9. The van der Waals surface area contributed by atoms with Gasteiger partial charge in [0, 0.05) is 16.5 Å². The van der Waals surface area contributed by atoms with Crippen LogP contribution in [-0.4, -0.2) is 35.3 Å². The molecule has 0 spiro atoms. The molecule has 5 heteroatoms. The molecule has 1 aliphatic carbocycles. The minimum Gasteiger partial charge on any atom is -0.490 e. The molecule has 0 aliphatic heterocycles. The van der Waals surface area contributed by atoms with Crippen LogP contribution in [0.15, 0.2) is 46.9 Å². The van der Waals surface area contributed by atoms with Crippen LogP contribution in [-0.2, 0) is 5.41 Å². The van der Waals surface area contributed by atoms with Crippen molar-refractivity contribution in [2.24, 2.45) is 0 Å². The van der Waals surface area contributed by atoms with Crippen LogP contribution in [0.5, 0.6) is 5.75 Å². The smallest absolute Gasteiger partial charge is 0.197 e. The van der Waals surface area contributed by atoms with Crippen molar-refractivity contribution >= 4 is 16.8 Å². The monoisotopic (exact) mass is 352 g/mol. The van der Waals surface area contributed by atoms with Crippen LogP contribution in [0, 0.1) is 0 Å².